The van der Waals surface area contributed by atoms with Gasteiger partial charge in [0.2, 0.25) is 0 Å². The summed E-state index contributed by atoms with van der Waals surface area (Å²) >= 11 is 0. The van der Waals surface area contributed by atoms with Crippen molar-refractivity contribution in [3.8, 4) is 6.07 Å². The van der Waals surface area contributed by atoms with E-state index in [1.165, 1.54) is 0 Å². The Balaban J connectivity index is 1.86. The van der Waals surface area contributed by atoms with Gasteiger partial charge in [0.1, 0.15) is 11.9 Å². The molecule has 22 heavy (non-hydrogen) atoms. The standard InChI is InChI=1S/C17H20N4O/c1-13(12-22)20-6-8-21(9-7-20)17-15(11-18)10-14-4-2-3-5-16(14)19-17/h2-5,10,13,22H,6-9,12H2,1H3. The average Bonchev–Trinajstić information content (AvgIpc) is 2.60. The minimum atomic E-state index is 0.178. The van der Waals surface area contributed by atoms with Crippen LogP contribution >= 0.6 is 0 Å². The first-order valence-electron chi connectivity index (χ1n) is 7.62. The molecule has 0 aliphatic carbocycles. The van der Waals surface area contributed by atoms with Crippen molar-refractivity contribution in [2.24, 2.45) is 0 Å². The molecule has 5 heteroatoms. The Hall–Kier alpha value is -2.16. The van der Waals surface area contributed by atoms with Gasteiger partial charge < -0.3 is 10.0 Å². The molecule has 0 bridgehead atoms. The molecule has 1 unspecified atom stereocenters. The van der Waals surface area contributed by atoms with E-state index < -0.39 is 0 Å². The second kappa shape index (κ2) is 6.30. The van der Waals surface area contributed by atoms with E-state index in [0.29, 0.717) is 5.56 Å². The molecule has 1 aromatic heterocycles. The Labute approximate surface area is 130 Å². The minimum absolute atomic E-state index is 0.178. The van der Waals surface area contributed by atoms with E-state index in [1.54, 1.807) is 0 Å². The normalized spacial score (nSPS) is 17.4. The van der Waals surface area contributed by atoms with Crippen molar-refractivity contribution in [2.75, 3.05) is 37.7 Å². The Morgan fingerprint density at radius 2 is 2.00 bits per heavy atom. The number of rotatable bonds is 3. The van der Waals surface area contributed by atoms with Crippen molar-refractivity contribution < 1.29 is 5.11 Å². The molecular weight excluding hydrogens is 276 g/mol. The smallest absolute Gasteiger partial charge is 0.147 e. The van der Waals surface area contributed by atoms with Gasteiger partial charge in [-0.1, -0.05) is 18.2 Å². The largest absolute Gasteiger partial charge is 0.395 e. The van der Waals surface area contributed by atoms with Gasteiger partial charge in [-0.05, 0) is 19.1 Å². The number of benzene rings is 1. The molecule has 1 N–H and O–H groups in total. The van der Waals surface area contributed by atoms with Gasteiger partial charge in [-0.25, -0.2) is 4.98 Å². The lowest BCUT2D eigenvalue weighted by Crippen LogP contribution is -2.51. The number of nitrogens with zero attached hydrogens (tertiary/aromatic N) is 4. The van der Waals surface area contributed by atoms with Crippen LogP contribution in [-0.2, 0) is 0 Å². The zero-order valence-corrected chi connectivity index (χ0v) is 12.7. The second-order valence-electron chi connectivity index (χ2n) is 5.72. The fourth-order valence-corrected chi connectivity index (χ4v) is 2.92. The SMILES string of the molecule is CC(CO)N1CCN(c2nc3ccccc3cc2C#N)CC1. The molecule has 1 aliphatic heterocycles. The number of nitriles is 1. The molecule has 0 spiro atoms. The highest BCUT2D eigenvalue weighted by atomic mass is 16.3. The number of para-hydroxylation sites is 1. The summed E-state index contributed by atoms with van der Waals surface area (Å²) in [6.07, 6.45) is 0. The van der Waals surface area contributed by atoms with Gasteiger partial charge in [0, 0.05) is 37.6 Å². The lowest BCUT2D eigenvalue weighted by atomic mass is 10.1. The van der Waals surface area contributed by atoms with Gasteiger partial charge in [-0.15, -0.1) is 0 Å². The molecule has 0 saturated carbocycles. The highest BCUT2D eigenvalue weighted by Crippen LogP contribution is 2.24. The van der Waals surface area contributed by atoms with Crippen LogP contribution in [0.4, 0.5) is 5.82 Å². The molecule has 5 nitrogen and oxygen atoms in total. The third-order valence-electron chi connectivity index (χ3n) is 4.33. The number of aliphatic hydroxyl groups excluding tert-OH is 1. The third kappa shape index (κ3) is 2.76. The molecule has 2 aromatic rings. The predicted octanol–water partition coefficient (Wildman–Crippen LogP) is 1.61. The van der Waals surface area contributed by atoms with Crippen LogP contribution in [0.1, 0.15) is 12.5 Å². The Morgan fingerprint density at radius 3 is 2.68 bits per heavy atom. The van der Waals surface area contributed by atoms with E-state index in [-0.39, 0.29) is 12.6 Å². The van der Waals surface area contributed by atoms with Crippen LogP contribution in [0.15, 0.2) is 30.3 Å². The van der Waals surface area contributed by atoms with Crippen molar-refractivity contribution in [3.63, 3.8) is 0 Å². The third-order valence-corrected chi connectivity index (χ3v) is 4.33. The fraction of sp³-hybridized carbons (Fsp3) is 0.412. The quantitative estimate of drug-likeness (QED) is 0.932. The first-order chi connectivity index (χ1) is 10.7. The highest BCUT2D eigenvalue weighted by Gasteiger charge is 2.23. The van der Waals surface area contributed by atoms with Gasteiger partial charge in [-0.2, -0.15) is 5.26 Å². The highest BCUT2D eigenvalue weighted by molar-refractivity contribution is 5.83. The second-order valence-corrected chi connectivity index (χ2v) is 5.72. The van der Waals surface area contributed by atoms with Crippen molar-refractivity contribution in [2.45, 2.75) is 13.0 Å². The van der Waals surface area contributed by atoms with Gasteiger partial charge in [-0.3, -0.25) is 4.90 Å². The monoisotopic (exact) mass is 296 g/mol. The van der Waals surface area contributed by atoms with Crippen molar-refractivity contribution in [3.05, 3.63) is 35.9 Å². The first kappa shape index (κ1) is 14.8. The molecule has 0 radical (unpaired) electrons. The average molecular weight is 296 g/mol. The Bertz CT molecular complexity index is 701. The lowest BCUT2D eigenvalue weighted by molar-refractivity contribution is 0.128. The van der Waals surface area contributed by atoms with Gasteiger partial charge in [0.05, 0.1) is 17.7 Å². The van der Waals surface area contributed by atoms with Gasteiger partial charge in [0.15, 0.2) is 0 Å². The van der Waals surface area contributed by atoms with E-state index in [1.807, 2.05) is 37.3 Å². The van der Waals surface area contributed by atoms with Crippen LogP contribution in [0.25, 0.3) is 10.9 Å². The number of pyridine rings is 1. The van der Waals surface area contributed by atoms with Crippen molar-refractivity contribution in [1.29, 1.82) is 5.26 Å². The predicted molar refractivity (Wildman–Crippen MR) is 86.8 cm³/mol. The van der Waals surface area contributed by atoms with Crippen LogP contribution < -0.4 is 4.90 Å². The molecule has 1 saturated heterocycles. The molecule has 2 heterocycles. The Kier molecular flexibility index (Phi) is 4.23. The molecule has 114 valence electrons. The van der Waals surface area contributed by atoms with Gasteiger partial charge in [0.25, 0.3) is 0 Å². The van der Waals surface area contributed by atoms with E-state index in [9.17, 15) is 10.4 Å². The molecule has 0 amide bonds. The molecule has 1 aromatic carbocycles. The van der Waals surface area contributed by atoms with E-state index >= 15 is 0 Å². The fourth-order valence-electron chi connectivity index (χ4n) is 2.92. The first-order valence-corrected chi connectivity index (χ1v) is 7.62. The topological polar surface area (TPSA) is 63.4 Å². The van der Waals surface area contributed by atoms with E-state index in [2.05, 4.69) is 15.9 Å². The van der Waals surface area contributed by atoms with Crippen LogP contribution in [0.2, 0.25) is 0 Å². The molecule has 1 aliphatic rings. The number of aliphatic hydroxyl groups is 1. The van der Waals surface area contributed by atoms with Crippen molar-refractivity contribution >= 4 is 16.7 Å². The van der Waals surface area contributed by atoms with Crippen LogP contribution in [-0.4, -0.2) is 53.8 Å². The molecular formula is C17H20N4O. The maximum Gasteiger partial charge on any atom is 0.147 e. The summed E-state index contributed by atoms with van der Waals surface area (Å²) in [5, 5.41) is 19.7. The number of hydrogen-bond acceptors (Lipinski definition) is 5. The summed E-state index contributed by atoms with van der Waals surface area (Å²) in [4.78, 5) is 9.13. The van der Waals surface area contributed by atoms with Gasteiger partial charge >= 0.3 is 0 Å². The maximum absolute atomic E-state index is 9.43. The summed E-state index contributed by atoms with van der Waals surface area (Å²) in [6.45, 7) is 5.61. The Morgan fingerprint density at radius 1 is 1.27 bits per heavy atom. The summed E-state index contributed by atoms with van der Waals surface area (Å²) in [7, 11) is 0. The van der Waals surface area contributed by atoms with Crippen LogP contribution in [0, 0.1) is 11.3 Å². The molecule has 1 atom stereocenters. The molecule has 1 fully saturated rings. The number of anilines is 1. The van der Waals surface area contributed by atoms with E-state index in [4.69, 9.17) is 4.98 Å². The maximum atomic E-state index is 9.43. The summed E-state index contributed by atoms with van der Waals surface area (Å²) in [6, 6.07) is 12.3. The lowest BCUT2D eigenvalue weighted by Gasteiger charge is -2.38. The number of aromatic nitrogens is 1. The van der Waals surface area contributed by atoms with Crippen molar-refractivity contribution in [1.82, 2.24) is 9.88 Å². The number of hydrogen-bond donors (Lipinski definition) is 1. The van der Waals surface area contributed by atoms with E-state index in [0.717, 1.165) is 42.9 Å². The summed E-state index contributed by atoms with van der Waals surface area (Å²) < 4.78 is 0. The zero-order valence-electron chi connectivity index (χ0n) is 12.7. The number of piperazine rings is 1. The molecule has 3 rings (SSSR count). The number of fused-ring (bicyclic) bond motifs is 1. The van der Waals surface area contributed by atoms with Crippen LogP contribution in [0.3, 0.4) is 0 Å². The summed E-state index contributed by atoms with van der Waals surface area (Å²) in [5.41, 5.74) is 1.55. The van der Waals surface area contributed by atoms with Crippen LogP contribution in [0.5, 0.6) is 0 Å². The minimum Gasteiger partial charge on any atom is -0.395 e. The summed E-state index contributed by atoms with van der Waals surface area (Å²) in [5.74, 6) is 0.775. The zero-order chi connectivity index (χ0) is 15.5.